The Labute approximate surface area is 387 Å². The maximum absolute atomic E-state index is 12.7. The van der Waals surface area contributed by atoms with Gasteiger partial charge in [-0.15, -0.1) is 0 Å². The third-order valence-corrected chi connectivity index (χ3v) is 10.6. The minimum atomic E-state index is -0.827. The lowest BCUT2D eigenvalue weighted by Gasteiger charge is -2.18. The first-order chi connectivity index (χ1) is 31.0. The van der Waals surface area contributed by atoms with Crippen molar-refractivity contribution in [2.24, 2.45) is 0 Å². The molecule has 6 heteroatoms. The van der Waals surface area contributed by atoms with Crippen molar-refractivity contribution in [3.8, 4) is 0 Å². The number of allylic oxidation sites excluding steroid dienone is 16. The summed E-state index contributed by atoms with van der Waals surface area (Å²) in [5.74, 6) is -1.04. The van der Waals surface area contributed by atoms with E-state index in [-0.39, 0.29) is 31.6 Å². The first-order valence-corrected chi connectivity index (χ1v) is 25.7. The van der Waals surface area contributed by atoms with Crippen molar-refractivity contribution in [3.05, 3.63) is 97.2 Å². The molecule has 0 aromatic carbocycles. The molecule has 0 amide bonds. The number of ether oxygens (including phenoxy) is 3. The lowest BCUT2D eigenvalue weighted by atomic mass is 10.1. The molecule has 6 nitrogen and oxygen atoms in total. The summed E-state index contributed by atoms with van der Waals surface area (Å²) in [6, 6.07) is 0. The van der Waals surface area contributed by atoms with Crippen LogP contribution in [0.5, 0.6) is 0 Å². The number of hydrogen-bond acceptors (Lipinski definition) is 6. The summed E-state index contributed by atoms with van der Waals surface area (Å²) in [6.45, 7) is 6.40. The molecule has 0 saturated heterocycles. The van der Waals surface area contributed by atoms with E-state index in [1.54, 1.807) is 0 Å². The summed E-state index contributed by atoms with van der Waals surface area (Å²) >= 11 is 0. The van der Waals surface area contributed by atoms with Gasteiger partial charge in [-0.3, -0.25) is 14.4 Å². The van der Waals surface area contributed by atoms with Gasteiger partial charge in [0.2, 0.25) is 0 Å². The number of unbranched alkanes of at least 4 members (excludes halogenated alkanes) is 18. The topological polar surface area (TPSA) is 78.9 Å². The fourth-order valence-electron chi connectivity index (χ4n) is 6.69. The monoisotopic (exact) mass is 875 g/mol. The molecule has 63 heavy (non-hydrogen) atoms. The summed E-state index contributed by atoms with van der Waals surface area (Å²) in [6.07, 6.45) is 66.9. The highest BCUT2D eigenvalue weighted by Crippen LogP contribution is 2.12. The van der Waals surface area contributed by atoms with E-state index in [9.17, 15) is 14.4 Å². The van der Waals surface area contributed by atoms with Gasteiger partial charge in [0, 0.05) is 19.3 Å². The van der Waals surface area contributed by atoms with Crippen molar-refractivity contribution in [1.29, 1.82) is 0 Å². The molecule has 0 aliphatic heterocycles. The maximum Gasteiger partial charge on any atom is 0.306 e. The lowest BCUT2D eigenvalue weighted by molar-refractivity contribution is -0.166. The van der Waals surface area contributed by atoms with Crippen molar-refractivity contribution in [3.63, 3.8) is 0 Å². The molecule has 0 fully saturated rings. The number of hydrogen-bond donors (Lipinski definition) is 0. The van der Waals surface area contributed by atoms with E-state index in [0.717, 1.165) is 103 Å². The molecule has 0 aliphatic carbocycles. The predicted molar refractivity (Wildman–Crippen MR) is 270 cm³/mol. The smallest absolute Gasteiger partial charge is 0.306 e. The Morgan fingerprint density at radius 3 is 1.05 bits per heavy atom. The quantitative estimate of drug-likeness (QED) is 0.0262. The number of carbonyl (C=O) groups excluding carboxylic acids is 3. The van der Waals surface area contributed by atoms with Crippen LogP contribution in [-0.2, 0) is 28.6 Å². The van der Waals surface area contributed by atoms with Gasteiger partial charge in [0.1, 0.15) is 13.2 Å². The highest BCUT2D eigenvalue weighted by Gasteiger charge is 2.19. The molecule has 0 heterocycles. The molecule has 0 rings (SSSR count). The summed E-state index contributed by atoms with van der Waals surface area (Å²) in [7, 11) is 0. The van der Waals surface area contributed by atoms with Gasteiger partial charge in [0.05, 0.1) is 0 Å². The van der Waals surface area contributed by atoms with Crippen molar-refractivity contribution < 1.29 is 28.6 Å². The van der Waals surface area contributed by atoms with Crippen molar-refractivity contribution >= 4 is 17.9 Å². The second-order valence-electron chi connectivity index (χ2n) is 16.7. The van der Waals surface area contributed by atoms with Crippen LogP contribution in [0.15, 0.2) is 97.2 Å². The third-order valence-electron chi connectivity index (χ3n) is 10.6. The van der Waals surface area contributed by atoms with Crippen molar-refractivity contribution in [2.45, 2.75) is 232 Å². The van der Waals surface area contributed by atoms with Crippen LogP contribution in [0.4, 0.5) is 0 Å². The number of rotatable bonds is 45. The number of carbonyl (C=O) groups is 3. The first-order valence-electron chi connectivity index (χ1n) is 25.7. The molecule has 0 spiro atoms. The Hall–Kier alpha value is -3.67. The zero-order valence-corrected chi connectivity index (χ0v) is 40.8. The van der Waals surface area contributed by atoms with E-state index in [1.807, 2.05) is 6.08 Å². The molecule has 0 aliphatic rings. The normalized spacial score (nSPS) is 12.9. The molecule has 1 atom stereocenters. The zero-order valence-electron chi connectivity index (χ0n) is 40.8. The van der Waals surface area contributed by atoms with Crippen molar-refractivity contribution in [1.82, 2.24) is 0 Å². The minimum Gasteiger partial charge on any atom is -0.462 e. The van der Waals surface area contributed by atoms with E-state index in [2.05, 4.69) is 112 Å². The Bertz CT molecular complexity index is 1280. The molecule has 0 aromatic rings. The van der Waals surface area contributed by atoms with Gasteiger partial charge in [-0.05, 0) is 109 Å². The fraction of sp³-hybridized carbons (Fsp3) is 0.667. The van der Waals surface area contributed by atoms with Crippen LogP contribution in [0.25, 0.3) is 0 Å². The van der Waals surface area contributed by atoms with Crippen LogP contribution in [0, 0.1) is 0 Å². The van der Waals surface area contributed by atoms with Crippen LogP contribution < -0.4 is 0 Å². The minimum absolute atomic E-state index is 0.120. The number of esters is 3. The fourth-order valence-corrected chi connectivity index (χ4v) is 6.69. The Morgan fingerprint density at radius 2 is 0.651 bits per heavy atom. The summed E-state index contributed by atoms with van der Waals surface area (Å²) in [4.78, 5) is 37.9. The zero-order chi connectivity index (χ0) is 45.8. The first kappa shape index (κ1) is 59.3. The van der Waals surface area contributed by atoms with Crippen LogP contribution in [-0.4, -0.2) is 37.2 Å². The van der Waals surface area contributed by atoms with Gasteiger partial charge >= 0.3 is 17.9 Å². The van der Waals surface area contributed by atoms with Gasteiger partial charge < -0.3 is 14.2 Å². The van der Waals surface area contributed by atoms with Gasteiger partial charge in [-0.1, -0.05) is 195 Å². The maximum atomic E-state index is 12.7. The molecule has 0 N–H and O–H groups in total. The average molecular weight is 875 g/mol. The second kappa shape index (κ2) is 51.0. The van der Waals surface area contributed by atoms with Gasteiger partial charge in [-0.2, -0.15) is 0 Å². The third kappa shape index (κ3) is 49.2. The largest absolute Gasteiger partial charge is 0.462 e. The molecule has 1 unspecified atom stereocenters. The highest BCUT2D eigenvalue weighted by atomic mass is 16.6. The summed E-state index contributed by atoms with van der Waals surface area (Å²) in [5, 5.41) is 0. The highest BCUT2D eigenvalue weighted by molar-refractivity contribution is 5.71. The van der Waals surface area contributed by atoms with Crippen molar-refractivity contribution in [2.75, 3.05) is 13.2 Å². The predicted octanol–water partition coefficient (Wildman–Crippen LogP) is 17.0. The van der Waals surface area contributed by atoms with Gasteiger partial charge in [0.15, 0.2) is 6.10 Å². The standard InChI is InChI=1S/C57H94O6/c1-4-7-10-13-16-19-22-25-26-27-28-29-30-33-35-38-41-44-47-50-56(59)62-53-54(63-57(60)51-48-45-42-39-36-32-24-21-18-15-12-9-6-3)52-61-55(58)49-46-43-40-37-34-31-23-20-17-14-11-8-5-2/h7,10,16,19,25-26,28-29,31-36,42,45,54H,4-6,8-9,11-15,17-18,20-24,27,30,37-41,43-44,46-53H2,1-3H3/b10-7-,19-16-,26-25-,29-28-,34-31-,35-33-,36-32-,45-42-. The second-order valence-corrected chi connectivity index (χ2v) is 16.7. The van der Waals surface area contributed by atoms with E-state index in [4.69, 9.17) is 14.2 Å². The molecule has 0 bridgehead atoms. The lowest BCUT2D eigenvalue weighted by Crippen LogP contribution is -2.30. The molecule has 0 saturated carbocycles. The Kier molecular flexibility index (Phi) is 48.0. The Morgan fingerprint density at radius 1 is 0.333 bits per heavy atom. The van der Waals surface area contributed by atoms with Gasteiger partial charge in [-0.25, -0.2) is 0 Å². The van der Waals surface area contributed by atoms with Crippen LogP contribution in [0.2, 0.25) is 0 Å². The van der Waals surface area contributed by atoms with E-state index in [1.165, 1.54) is 77.0 Å². The van der Waals surface area contributed by atoms with Crippen LogP contribution in [0.1, 0.15) is 226 Å². The van der Waals surface area contributed by atoms with Crippen LogP contribution >= 0.6 is 0 Å². The average Bonchev–Trinajstić information content (AvgIpc) is 3.28. The molecule has 358 valence electrons. The Balaban J connectivity index is 4.52. The van der Waals surface area contributed by atoms with E-state index < -0.39 is 12.1 Å². The van der Waals surface area contributed by atoms with Gasteiger partial charge in [0.25, 0.3) is 0 Å². The van der Waals surface area contributed by atoms with Crippen LogP contribution in [0.3, 0.4) is 0 Å². The summed E-state index contributed by atoms with van der Waals surface area (Å²) < 4.78 is 16.7. The molecular weight excluding hydrogens is 781 g/mol. The molecular formula is C57H94O6. The van der Waals surface area contributed by atoms with E-state index in [0.29, 0.717) is 19.3 Å². The SMILES string of the molecule is CC/C=C\C/C=C\C/C=C\C/C=C\C/C=C\CCCCCC(=O)OCC(COC(=O)CCCCC/C=C\CCCCCCCC)OC(=O)CC/C=C\C/C=C\CCCCCCCC. The molecule has 0 radical (unpaired) electrons. The van der Waals surface area contributed by atoms with E-state index >= 15 is 0 Å². The summed E-state index contributed by atoms with van der Waals surface area (Å²) in [5.41, 5.74) is 0. The molecule has 0 aromatic heterocycles.